The zero-order valence-corrected chi connectivity index (χ0v) is 22.5. The first-order valence-corrected chi connectivity index (χ1v) is 12.6. The summed E-state index contributed by atoms with van der Waals surface area (Å²) in [4.78, 5) is 35.7. The molecule has 0 saturated carbocycles. The minimum absolute atomic E-state index is 0.117. The lowest BCUT2D eigenvalue weighted by Gasteiger charge is -2.21. The van der Waals surface area contributed by atoms with E-state index in [9.17, 15) is 27.9 Å². The summed E-state index contributed by atoms with van der Waals surface area (Å²) in [5.74, 6) is -3.27. The molecule has 1 atom stereocenters. The highest BCUT2D eigenvalue weighted by Crippen LogP contribution is 2.34. The number of aliphatic carboxylic acids is 1. The molecule has 0 saturated heterocycles. The normalized spacial score (nSPS) is 13.3. The van der Waals surface area contributed by atoms with Crippen LogP contribution >= 0.6 is 11.6 Å². The smallest absolute Gasteiger partial charge is 0.478 e. The highest BCUT2D eigenvalue weighted by atomic mass is 35.5. The molecule has 1 aliphatic rings. The number of aromatic carboxylic acids is 1. The summed E-state index contributed by atoms with van der Waals surface area (Å²) < 4.78 is 38.1. The molecule has 1 aromatic heterocycles. The van der Waals surface area contributed by atoms with Gasteiger partial charge in [0.1, 0.15) is 5.58 Å². The number of halogens is 4. The molecule has 41 heavy (non-hydrogen) atoms. The predicted molar refractivity (Wildman–Crippen MR) is 148 cm³/mol. The maximum absolute atomic E-state index is 13.1. The van der Waals surface area contributed by atoms with Crippen LogP contribution in [0.5, 0.6) is 0 Å². The Balaban J connectivity index is 0.000000493. The summed E-state index contributed by atoms with van der Waals surface area (Å²) in [5, 5.41) is 21.1. The first kappa shape index (κ1) is 29.5. The summed E-state index contributed by atoms with van der Waals surface area (Å²) in [6, 6.07) is 17.6. The third-order valence-corrected chi connectivity index (χ3v) is 6.66. The van der Waals surface area contributed by atoms with E-state index < -0.39 is 18.1 Å². The van der Waals surface area contributed by atoms with Crippen LogP contribution in [0.4, 0.5) is 24.7 Å². The number of rotatable bonds is 5. The van der Waals surface area contributed by atoms with Gasteiger partial charge in [0.15, 0.2) is 5.43 Å². The van der Waals surface area contributed by atoms with Crippen molar-refractivity contribution in [3.05, 3.63) is 104 Å². The molecule has 214 valence electrons. The largest absolute Gasteiger partial charge is 0.490 e. The highest BCUT2D eigenvalue weighted by Gasteiger charge is 2.38. The first-order chi connectivity index (χ1) is 19.2. The van der Waals surface area contributed by atoms with Crippen molar-refractivity contribution in [1.29, 1.82) is 0 Å². The number of hydrogen-bond acceptors (Lipinski definition) is 6. The minimum Gasteiger partial charge on any atom is -0.478 e. The van der Waals surface area contributed by atoms with E-state index in [1.165, 1.54) is 6.07 Å². The van der Waals surface area contributed by atoms with Crippen LogP contribution in [-0.4, -0.2) is 28.3 Å². The molecule has 0 fully saturated rings. The third-order valence-electron chi connectivity index (χ3n) is 6.43. The second-order valence-electron chi connectivity index (χ2n) is 9.47. The summed E-state index contributed by atoms with van der Waals surface area (Å²) in [6.45, 7) is 5.08. The van der Waals surface area contributed by atoms with Crippen LogP contribution in [0.2, 0.25) is 5.02 Å². The summed E-state index contributed by atoms with van der Waals surface area (Å²) in [7, 11) is 0. The van der Waals surface area contributed by atoms with Gasteiger partial charge in [0.2, 0.25) is 5.88 Å². The monoisotopic (exact) mass is 588 g/mol. The first-order valence-electron chi connectivity index (χ1n) is 12.2. The van der Waals surface area contributed by atoms with Crippen LogP contribution in [0.15, 0.2) is 69.9 Å². The molecule has 0 bridgehead atoms. The SMILES string of the molecule is Cc1cc(C(C)Nc2ccccc2C(=O)O)c2oc(N3Cc4ccc(Cl)cc4C3)cc(=O)c2c1.O=C(O)C(F)(F)F. The van der Waals surface area contributed by atoms with Gasteiger partial charge in [-0.3, -0.25) is 4.79 Å². The lowest BCUT2D eigenvalue weighted by atomic mass is 10.0. The van der Waals surface area contributed by atoms with Crippen molar-refractivity contribution in [2.75, 3.05) is 10.2 Å². The standard InChI is InChI=1S/C27H23ClN2O4.C2HF3O2/c1-15-9-21(16(2)29-23-6-4-3-5-20(23)27(32)33)26-22(10-15)24(31)12-25(34-26)30-13-17-7-8-19(28)11-18(17)14-30;3-2(4,5)1(6)7/h3-12,16,29H,13-14H2,1-2H3,(H,32,33);(H,6,7). The molecule has 0 amide bonds. The topological polar surface area (TPSA) is 120 Å². The number of benzene rings is 3. The summed E-state index contributed by atoms with van der Waals surface area (Å²) >= 11 is 6.15. The van der Waals surface area contributed by atoms with E-state index in [1.807, 2.05) is 49.1 Å². The van der Waals surface area contributed by atoms with Crippen LogP contribution in [-0.2, 0) is 17.9 Å². The number of fused-ring (bicyclic) bond motifs is 2. The van der Waals surface area contributed by atoms with E-state index in [0.29, 0.717) is 40.7 Å². The van der Waals surface area contributed by atoms with Crippen molar-refractivity contribution in [2.45, 2.75) is 39.2 Å². The third kappa shape index (κ3) is 6.63. The molecule has 0 spiro atoms. The van der Waals surface area contributed by atoms with Crippen molar-refractivity contribution >= 4 is 46.1 Å². The Kier molecular flexibility index (Phi) is 8.29. The van der Waals surface area contributed by atoms with Crippen LogP contribution in [0.1, 0.15) is 45.6 Å². The van der Waals surface area contributed by atoms with Crippen molar-refractivity contribution in [3.8, 4) is 0 Å². The van der Waals surface area contributed by atoms with Crippen molar-refractivity contribution in [1.82, 2.24) is 0 Å². The van der Waals surface area contributed by atoms with Gasteiger partial charge in [-0.15, -0.1) is 0 Å². The van der Waals surface area contributed by atoms with Gasteiger partial charge in [-0.25, -0.2) is 9.59 Å². The van der Waals surface area contributed by atoms with E-state index >= 15 is 0 Å². The zero-order chi connectivity index (χ0) is 30.1. The summed E-state index contributed by atoms with van der Waals surface area (Å²) in [5.41, 5.74) is 5.03. The Hall–Kier alpha value is -4.51. The molecule has 0 aliphatic carbocycles. The van der Waals surface area contributed by atoms with Crippen LogP contribution in [0.25, 0.3) is 11.0 Å². The fourth-order valence-corrected chi connectivity index (χ4v) is 4.72. The lowest BCUT2D eigenvalue weighted by Crippen LogP contribution is -2.21. The van der Waals surface area contributed by atoms with Crippen LogP contribution < -0.4 is 15.6 Å². The highest BCUT2D eigenvalue weighted by molar-refractivity contribution is 6.30. The molecular formula is C29H24ClF3N2O6. The van der Waals surface area contributed by atoms with E-state index in [0.717, 1.165) is 22.3 Å². The zero-order valence-electron chi connectivity index (χ0n) is 21.8. The number of alkyl halides is 3. The van der Waals surface area contributed by atoms with Gasteiger partial charge in [0.25, 0.3) is 0 Å². The van der Waals surface area contributed by atoms with Gasteiger partial charge < -0.3 is 24.8 Å². The number of carbonyl (C=O) groups is 2. The molecule has 1 aliphatic heterocycles. The molecular weight excluding hydrogens is 565 g/mol. The van der Waals surface area contributed by atoms with E-state index in [1.54, 1.807) is 24.3 Å². The number of carboxylic acids is 2. The van der Waals surface area contributed by atoms with Gasteiger partial charge in [-0.05, 0) is 60.9 Å². The number of para-hydroxylation sites is 1. The lowest BCUT2D eigenvalue weighted by molar-refractivity contribution is -0.192. The fraction of sp³-hybridized carbons (Fsp3) is 0.207. The Labute approximate surface area is 236 Å². The van der Waals surface area contributed by atoms with E-state index in [-0.39, 0.29) is 17.0 Å². The number of aryl methyl sites for hydroxylation is 1. The number of carboxylic acid groups (broad SMARTS) is 2. The van der Waals surface area contributed by atoms with Gasteiger partial charge >= 0.3 is 18.1 Å². The van der Waals surface area contributed by atoms with Crippen molar-refractivity contribution < 1.29 is 37.4 Å². The Morgan fingerprint density at radius 1 is 1.02 bits per heavy atom. The molecule has 0 radical (unpaired) electrons. The molecule has 3 N–H and O–H groups in total. The van der Waals surface area contributed by atoms with Crippen molar-refractivity contribution in [3.63, 3.8) is 0 Å². The van der Waals surface area contributed by atoms with Gasteiger partial charge in [-0.1, -0.05) is 35.9 Å². The molecule has 3 aromatic carbocycles. The van der Waals surface area contributed by atoms with Crippen LogP contribution in [0.3, 0.4) is 0 Å². The Bertz CT molecular complexity index is 1700. The maximum Gasteiger partial charge on any atom is 0.490 e. The second-order valence-corrected chi connectivity index (χ2v) is 9.90. The minimum atomic E-state index is -5.08. The molecule has 4 aromatic rings. The molecule has 12 heteroatoms. The second kappa shape index (κ2) is 11.5. The molecule has 8 nitrogen and oxygen atoms in total. The molecule has 2 heterocycles. The quantitative estimate of drug-likeness (QED) is 0.233. The fourth-order valence-electron chi connectivity index (χ4n) is 4.52. The van der Waals surface area contributed by atoms with E-state index in [2.05, 4.69) is 5.32 Å². The van der Waals surface area contributed by atoms with Crippen LogP contribution in [0, 0.1) is 6.92 Å². The summed E-state index contributed by atoms with van der Waals surface area (Å²) in [6.07, 6.45) is -5.08. The van der Waals surface area contributed by atoms with Gasteiger partial charge in [0, 0.05) is 35.4 Å². The van der Waals surface area contributed by atoms with Crippen molar-refractivity contribution in [2.24, 2.45) is 0 Å². The average Bonchev–Trinajstić information content (AvgIpc) is 3.32. The molecule has 1 unspecified atom stereocenters. The van der Waals surface area contributed by atoms with Gasteiger partial charge in [0.05, 0.1) is 17.0 Å². The average molecular weight is 589 g/mol. The Morgan fingerprint density at radius 2 is 1.68 bits per heavy atom. The number of hydrogen-bond donors (Lipinski definition) is 3. The number of anilines is 2. The van der Waals surface area contributed by atoms with Gasteiger partial charge in [-0.2, -0.15) is 13.2 Å². The number of nitrogens with zero attached hydrogens (tertiary/aromatic N) is 1. The predicted octanol–water partition coefficient (Wildman–Crippen LogP) is 6.78. The van der Waals surface area contributed by atoms with E-state index in [4.69, 9.17) is 25.9 Å². The molecule has 5 rings (SSSR count). The number of nitrogens with one attached hydrogen (secondary N) is 1. The maximum atomic E-state index is 13.1. The Morgan fingerprint density at radius 3 is 2.34 bits per heavy atom.